The Balaban J connectivity index is 2.20. The van der Waals surface area contributed by atoms with E-state index in [4.69, 9.17) is 0 Å². The molecule has 22 heavy (non-hydrogen) atoms. The average molecular weight is 324 g/mol. The van der Waals surface area contributed by atoms with Gasteiger partial charge in [-0.25, -0.2) is 13.1 Å². The molecule has 1 fully saturated rings. The molecule has 1 aliphatic carbocycles. The molecular weight excluding hydrogens is 296 g/mol. The second-order valence-corrected chi connectivity index (χ2v) is 8.39. The Morgan fingerprint density at radius 1 is 1.18 bits per heavy atom. The van der Waals surface area contributed by atoms with Crippen molar-refractivity contribution in [3.05, 3.63) is 28.3 Å². The van der Waals surface area contributed by atoms with Crippen molar-refractivity contribution in [3.63, 3.8) is 0 Å². The van der Waals surface area contributed by atoms with Crippen LogP contribution in [0.4, 0.5) is 0 Å². The fraction of sp³-hybridized carbons (Fsp3) is 0.647. The third-order valence-corrected chi connectivity index (χ3v) is 6.65. The summed E-state index contributed by atoms with van der Waals surface area (Å²) in [7, 11) is -1.40. The fourth-order valence-corrected chi connectivity index (χ4v) is 4.61. The van der Waals surface area contributed by atoms with Gasteiger partial charge in [-0.2, -0.15) is 0 Å². The number of likely N-dealkylation sites (N-methyl/N-ethyl adjacent to an activating group) is 1. The lowest BCUT2D eigenvalue weighted by Gasteiger charge is -2.25. The van der Waals surface area contributed by atoms with Gasteiger partial charge in [0.05, 0.1) is 4.90 Å². The summed E-state index contributed by atoms with van der Waals surface area (Å²) in [5.41, 5.74) is 3.73. The van der Waals surface area contributed by atoms with Crippen LogP contribution in [-0.2, 0) is 10.0 Å². The highest BCUT2D eigenvalue weighted by molar-refractivity contribution is 7.89. The molecule has 1 saturated carbocycles. The molecule has 4 nitrogen and oxygen atoms in total. The lowest BCUT2D eigenvalue weighted by molar-refractivity contribution is 0.248. The van der Waals surface area contributed by atoms with Gasteiger partial charge in [0, 0.05) is 18.6 Å². The highest BCUT2D eigenvalue weighted by atomic mass is 32.2. The Kier molecular flexibility index (Phi) is 5.00. The molecule has 0 heterocycles. The molecule has 0 spiro atoms. The summed E-state index contributed by atoms with van der Waals surface area (Å²) in [6, 6.07) is 2.88. The molecule has 2 rings (SSSR count). The van der Waals surface area contributed by atoms with Crippen LogP contribution in [0.2, 0.25) is 0 Å². The predicted octanol–water partition coefficient (Wildman–Crippen LogP) is 2.68. The minimum absolute atomic E-state index is 0.203. The summed E-state index contributed by atoms with van der Waals surface area (Å²) < 4.78 is 28.3. The number of hydrogen-bond acceptors (Lipinski definition) is 3. The van der Waals surface area contributed by atoms with E-state index in [-0.39, 0.29) is 6.04 Å². The summed E-state index contributed by atoms with van der Waals surface area (Å²) in [6.45, 7) is 10.2. The third kappa shape index (κ3) is 3.53. The highest BCUT2D eigenvalue weighted by Gasteiger charge is 2.30. The maximum absolute atomic E-state index is 12.8. The van der Waals surface area contributed by atoms with Crippen molar-refractivity contribution in [2.45, 2.75) is 64.4 Å². The van der Waals surface area contributed by atoms with Crippen LogP contribution >= 0.6 is 0 Å². The Morgan fingerprint density at radius 2 is 1.68 bits per heavy atom. The van der Waals surface area contributed by atoms with E-state index in [9.17, 15) is 8.42 Å². The van der Waals surface area contributed by atoms with E-state index >= 15 is 0 Å². The number of aryl methyl sites for hydroxylation is 2. The van der Waals surface area contributed by atoms with Gasteiger partial charge in [0.15, 0.2) is 0 Å². The van der Waals surface area contributed by atoms with Gasteiger partial charge in [-0.3, -0.25) is 4.90 Å². The van der Waals surface area contributed by atoms with Crippen molar-refractivity contribution in [2.75, 3.05) is 13.6 Å². The summed E-state index contributed by atoms with van der Waals surface area (Å²) in [6.07, 6.45) is 2.45. The Labute approximate surface area is 135 Å². The summed E-state index contributed by atoms with van der Waals surface area (Å²) in [5, 5.41) is 0. The third-order valence-electron chi connectivity index (χ3n) is 4.95. The van der Waals surface area contributed by atoms with Crippen molar-refractivity contribution in [1.82, 2.24) is 9.62 Å². The molecule has 0 amide bonds. The number of nitrogens with zero attached hydrogens (tertiary/aromatic N) is 1. The van der Waals surface area contributed by atoms with Gasteiger partial charge in [0.25, 0.3) is 0 Å². The van der Waals surface area contributed by atoms with Crippen molar-refractivity contribution >= 4 is 10.0 Å². The second-order valence-electron chi connectivity index (χ2n) is 6.69. The molecule has 1 N–H and O–H groups in total. The van der Waals surface area contributed by atoms with Crippen LogP contribution in [0, 0.1) is 27.7 Å². The minimum Gasteiger partial charge on any atom is -0.299 e. The average Bonchev–Trinajstić information content (AvgIpc) is 3.26. The number of sulfonamides is 1. The molecule has 0 bridgehead atoms. The van der Waals surface area contributed by atoms with E-state index in [1.165, 1.54) is 12.8 Å². The molecule has 0 aliphatic heterocycles. The molecule has 0 aromatic heterocycles. The molecule has 5 heteroatoms. The summed E-state index contributed by atoms with van der Waals surface area (Å²) in [4.78, 5) is 2.72. The summed E-state index contributed by atoms with van der Waals surface area (Å²) >= 11 is 0. The molecule has 124 valence electrons. The molecule has 1 atom stereocenters. The van der Waals surface area contributed by atoms with E-state index in [0.29, 0.717) is 17.5 Å². The molecule has 1 aromatic rings. The van der Waals surface area contributed by atoms with Crippen LogP contribution in [0.15, 0.2) is 11.0 Å². The summed E-state index contributed by atoms with van der Waals surface area (Å²) in [5.74, 6) is 0. The zero-order chi connectivity index (χ0) is 16.7. The van der Waals surface area contributed by atoms with Gasteiger partial charge < -0.3 is 0 Å². The number of rotatable bonds is 6. The van der Waals surface area contributed by atoms with Crippen LogP contribution < -0.4 is 4.72 Å². The molecule has 0 unspecified atom stereocenters. The second kappa shape index (κ2) is 6.30. The first-order chi connectivity index (χ1) is 10.1. The molecule has 1 aliphatic rings. The monoisotopic (exact) mass is 324 g/mol. The van der Waals surface area contributed by atoms with Crippen LogP contribution in [-0.4, -0.2) is 39.0 Å². The van der Waals surface area contributed by atoms with Crippen LogP contribution in [0.25, 0.3) is 0 Å². The van der Waals surface area contributed by atoms with E-state index < -0.39 is 10.0 Å². The maximum atomic E-state index is 12.8. The molecule has 0 saturated heterocycles. The smallest absolute Gasteiger partial charge is 0.241 e. The molecular formula is C17H28N2O2S. The first-order valence-corrected chi connectivity index (χ1v) is 9.42. The Bertz CT molecular complexity index is 637. The SMILES string of the molecule is Cc1cc(C)c(C)c(S(=O)(=O)NC[C@H](C)N(C)C2CC2)c1C. The predicted molar refractivity (Wildman–Crippen MR) is 90.8 cm³/mol. The first kappa shape index (κ1) is 17.4. The quantitative estimate of drug-likeness (QED) is 0.875. The minimum atomic E-state index is -3.48. The zero-order valence-electron chi connectivity index (χ0n) is 14.5. The van der Waals surface area contributed by atoms with Gasteiger partial charge in [0.1, 0.15) is 0 Å². The Hall–Kier alpha value is -0.910. The lowest BCUT2D eigenvalue weighted by Crippen LogP contribution is -2.41. The zero-order valence-corrected chi connectivity index (χ0v) is 15.3. The van der Waals surface area contributed by atoms with Crippen molar-refractivity contribution in [3.8, 4) is 0 Å². The van der Waals surface area contributed by atoms with Crippen molar-refractivity contribution in [1.29, 1.82) is 0 Å². The van der Waals surface area contributed by atoms with Gasteiger partial charge >= 0.3 is 0 Å². The molecule has 0 radical (unpaired) electrons. The van der Waals surface area contributed by atoms with Gasteiger partial charge in [0.2, 0.25) is 10.0 Å². The van der Waals surface area contributed by atoms with Crippen LogP contribution in [0.1, 0.15) is 42.0 Å². The van der Waals surface area contributed by atoms with Crippen molar-refractivity contribution in [2.24, 2.45) is 0 Å². The number of nitrogens with one attached hydrogen (secondary N) is 1. The Morgan fingerprint density at radius 3 is 2.14 bits per heavy atom. The van der Waals surface area contributed by atoms with Crippen molar-refractivity contribution < 1.29 is 8.42 Å². The van der Waals surface area contributed by atoms with E-state index in [1.807, 2.05) is 33.8 Å². The standard InChI is InChI=1S/C17H28N2O2S/c1-11-9-12(2)15(5)17(14(11)4)22(20,21)18-10-13(3)19(6)16-7-8-16/h9,13,16,18H,7-8,10H2,1-6H3/t13-/m0/s1. The highest BCUT2D eigenvalue weighted by Crippen LogP contribution is 2.28. The number of hydrogen-bond donors (Lipinski definition) is 1. The largest absolute Gasteiger partial charge is 0.299 e. The van der Waals surface area contributed by atoms with E-state index in [1.54, 1.807) is 0 Å². The lowest BCUT2D eigenvalue weighted by atomic mass is 10.0. The van der Waals surface area contributed by atoms with Crippen LogP contribution in [0.3, 0.4) is 0 Å². The molecule has 1 aromatic carbocycles. The number of benzene rings is 1. The topological polar surface area (TPSA) is 49.4 Å². The van der Waals surface area contributed by atoms with Gasteiger partial charge in [-0.15, -0.1) is 0 Å². The first-order valence-electron chi connectivity index (χ1n) is 7.94. The van der Waals surface area contributed by atoms with Crippen LogP contribution in [0.5, 0.6) is 0 Å². The van der Waals surface area contributed by atoms with Gasteiger partial charge in [-0.1, -0.05) is 6.07 Å². The van der Waals surface area contributed by atoms with E-state index in [0.717, 1.165) is 22.3 Å². The fourth-order valence-electron chi connectivity index (χ4n) is 2.87. The normalized spacial score (nSPS) is 17.0. The maximum Gasteiger partial charge on any atom is 0.241 e. The van der Waals surface area contributed by atoms with E-state index in [2.05, 4.69) is 23.6 Å². The van der Waals surface area contributed by atoms with Gasteiger partial charge in [-0.05, 0) is 76.8 Å².